The van der Waals surface area contributed by atoms with Crippen LogP contribution in [0.5, 0.6) is 0 Å². The van der Waals surface area contributed by atoms with E-state index in [1.165, 1.54) is 57.8 Å². The lowest BCUT2D eigenvalue weighted by molar-refractivity contribution is 0.140. The van der Waals surface area contributed by atoms with Crippen LogP contribution in [0.1, 0.15) is 71.6 Å². The Hall–Kier alpha value is -0.0800. The van der Waals surface area contributed by atoms with Crippen molar-refractivity contribution in [3.8, 4) is 0 Å². The molecule has 2 nitrogen and oxygen atoms in total. The molecule has 18 heavy (non-hydrogen) atoms. The summed E-state index contributed by atoms with van der Waals surface area (Å²) in [4.78, 5) is 0. The zero-order valence-electron chi connectivity index (χ0n) is 12.5. The van der Waals surface area contributed by atoms with Crippen molar-refractivity contribution >= 4 is 0 Å². The Labute approximate surface area is 114 Å². The quantitative estimate of drug-likeness (QED) is 0.592. The molecule has 0 amide bonds. The molecular weight excluding hydrogens is 222 g/mol. The van der Waals surface area contributed by atoms with Crippen LogP contribution in [-0.4, -0.2) is 25.8 Å². The summed E-state index contributed by atoms with van der Waals surface area (Å²) in [5, 5.41) is 3.64. The van der Waals surface area contributed by atoms with E-state index < -0.39 is 0 Å². The molecule has 2 heteroatoms. The minimum atomic E-state index is 0.720. The lowest BCUT2D eigenvalue weighted by Gasteiger charge is -2.24. The summed E-state index contributed by atoms with van der Waals surface area (Å²) in [6.07, 6.45) is 12.7. The fourth-order valence-corrected chi connectivity index (χ4v) is 3.13. The first kappa shape index (κ1) is 16.0. The first-order valence-corrected chi connectivity index (χ1v) is 8.18. The molecule has 0 radical (unpaired) electrons. The van der Waals surface area contributed by atoms with Gasteiger partial charge < -0.3 is 10.1 Å². The highest BCUT2D eigenvalue weighted by Crippen LogP contribution is 2.28. The third-order valence-electron chi connectivity index (χ3n) is 4.19. The number of nitrogens with one attached hydrogen (secondary N) is 1. The minimum Gasteiger partial charge on any atom is -0.382 e. The van der Waals surface area contributed by atoms with E-state index in [0.29, 0.717) is 0 Å². The number of hydrogen-bond donors (Lipinski definition) is 1. The molecule has 0 aromatic heterocycles. The van der Waals surface area contributed by atoms with Gasteiger partial charge in [0.15, 0.2) is 0 Å². The number of ether oxygens (including phenoxy) is 1. The van der Waals surface area contributed by atoms with Crippen LogP contribution < -0.4 is 5.32 Å². The maximum absolute atomic E-state index is 5.43. The molecule has 1 fully saturated rings. The Morgan fingerprint density at radius 3 is 2.56 bits per heavy atom. The molecular formula is C16H33NO. The largest absolute Gasteiger partial charge is 0.382 e. The maximum atomic E-state index is 5.43. The third-order valence-corrected chi connectivity index (χ3v) is 4.19. The van der Waals surface area contributed by atoms with Gasteiger partial charge in [0.05, 0.1) is 0 Å². The van der Waals surface area contributed by atoms with Crippen molar-refractivity contribution < 1.29 is 4.74 Å². The van der Waals surface area contributed by atoms with Gasteiger partial charge in [-0.1, -0.05) is 39.0 Å². The zero-order valence-corrected chi connectivity index (χ0v) is 12.5. The molecule has 0 spiro atoms. The predicted molar refractivity (Wildman–Crippen MR) is 79.0 cm³/mol. The molecule has 108 valence electrons. The fraction of sp³-hybridized carbons (Fsp3) is 1.00. The molecule has 1 unspecified atom stereocenters. The van der Waals surface area contributed by atoms with E-state index >= 15 is 0 Å². The molecule has 1 aliphatic carbocycles. The van der Waals surface area contributed by atoms with Crippen LogP contribution in [0.2, 0.25) is 0 Å². The van der Waals surface area contributed by atoms with E-state index in [2.05, 4.69) is 19.2 Å². The Morgan fingerprint density at radius 2 is 1.89 bits per heavy atom. The van der Waals surface area contributed by atoms with Gasteiger partial charge in [-0.25, -0.2) is 0 Å². The van der Waals surface area contributed by atoms with Crippen molar-refractivity contribution in [2.24, 2.45) is 5.92 Å². The highest BCUT2D eigenvalue weighted by atomic mass is 16.5. The molecule has 0 saturated heterocycles. The number of hydrogen-bond acceptors (Lipinski definition) is 2. The average Bonchev–Trinajstić information content (AvgIpc) is 2.42. The maximum Gasteiger partial charge on any atom is 0.0466 e. The van der Waals surface area contributed by atoms with Crippen LogP contribution >= 0.6 is 0 Å². The summed E-state index contributed by atoms with van der Waals surface area (Å²) in [7, 11) is 0. The molecule has 0 aromatic rings. The van der Waals surface area contributed by atoms with E-state index in [1.54, 1.807) is 0 Å². The Morgan fingerprint density at radius 1 is 1.11 bits per heavy atom. The van der Waals surface area contributed by atoms with Gasteiger partial charge in [-0.3, -0.25) is 0 Å². The van der Waals surface area contributed by atoms with E-state index in [1.807, 2.05) is 0 Å². The van der Waals surface area contributed by atoms with Gasteiger partial charge in [0.25, 0.3) is 0 Å². The second-order valence-electron chi connectivity index (χ2n) is 5.68. The van der Waals surface area contributed by atoms with E-state index in [9.17, 15) is 0 Å². The highest BCUT2D eigenvalue weighted by molar-refractivity contribution is 4.71. The van der Waals surface area contributed by atoms with Gasteiger partial charge in [-0.15, -0.1) is 0 Å². The monoisotopic (exact) mass is 255 g/mol. The minimum absolute atomic E-state index is 0.720. The van der Waals surface area contributed by atoms with Crippen molar-refractivity contribution in [1.29, 1.82) is 0 Å². The Balaban J connectivity index is 2.11. The normalized spacial score (nSPS) is 19.0. The van der Waals surface area contributed by atoms with Gasteiger partial charge in [0.1, 0.15) is 0 Å². The van der Waals surface area contributed by atoms with Crippen LogP contribution in [0.15, 0.2) is 0 Å². The second-order valence-corrected chi connectivity index (χ2v) is 5.68. The topological polar surface area (TPSA) is 21.3 Å². The SMILES string of the molecule is CCNC(CCCOCC)CCC1CCCCC1. The van der Waals surface area contributed by atoms with Gasteiger partial charge >= 0.3 is 0 Å². The molecule has 1 atom stereocenters. The summed E-state index contributed by atoms with van der Waals surface area (Å²) in [5.41, 5.74) is 0. The first-order chi connectivity index (χ1) is 8.86. The summed E-state index contributed by atoms with van der Waals surface area (Å²) in [5.74, 6) is 1.02. The van der Waals surface area contributed by atoms with E-state index in [0.717, 1.165) is 31.7 Å². The van der Waals surface area contributed by atoms with Crippen molar-refractivity contribution in [2.75, 3.05) is 19.8 Å². The van der Waals surface area contributed by atoms with Gasteiger partial charge in [0.2, 0.25) is 0 Å². The lowest BCUT2D eigenvalue weighted by atomic mass is 9.85. The van der Waals surface area contributed by atoms with Crippen LogP contribution in [0.3, 0.4) is 0 Å². The second kappa shape index (κ2) is 10.8. The summed E-state index contributed by atoms with van der Waals surface area (Å²) < 4.78 is 5.43. The molecule has 0 bridgehead atoms. The molecule has 1 saturated carbocycles. The third kappa shape index (κ3) is 7.38. The highest BCUT2D eigenvalue weighted by Gasteiger charge is 2.15. The van der Waals surface area contributed by atoms with Crippen molar-refractivity contribution in [3.63, 3.8) is 0 Å². The van der Waals surface area contributed by atoms with Crippen molar-refractivity contribution in [1.82, 2.24) is 5.32 Å². The predicted octanol–water partition coefficient (Wildman–Crippen LogP) is 4.14. The molecule has 1 rings (SSSR count). The molecule has 0 heterocycles. The van der Waals surface area contributed by atoms with Crippen LogP contribution in [-0.2, 0) is 4.74 Å². The van der Waals surface area contributed by atoms with E-state index in [4.69, 9.17) is 4.74 Å². The first-order valence-electron chi connectivity index (χ1n) is 8.18. The number of rotatable bonds is 10. The fourth-order valence-electron chi connectivity index (χ4n) is 3.13. The van der Waals surface area contributed by atoms with Crippen LogP contribution in [0.25, 0.3) is 0 Å². The Bertz CT molecular complexity index is 178. The summed E-state index contributed by atoms with van der Waals surface area (Å²) in [6.45, 7) is 7.18. The molecule has 1 N–H and O–H groups in total. The molecule has 0 aromatic carbocycles. The van der Waals surface area contributed by atoms with Crippen molar-refractivity contribution in [3.05, 3.63) is 0 Å². The van der Waals surface area contributed by atoms with Crippen molar-refractivity contribution in [2.45, 2.75) is 77.7 Å². The van der Waals surface area contributed by atoms with E-state index in [-0.39, 0.29) is 0 Å². The average molecular weight is 255 g/mol. The smallest absolute Gasteiger partial charge is 0.0466 e. The van der Waals surface area contributed by atoms with Gasteiger partial charge in [0, 0.05) is 19.3 Å². The van der Waals surface area contributed by atoms with Gasteiger partial charge in [-0.2, -0.15) is 0 Å². The molecule has 0 aliphatic heterocycles. The van der Waals surface area contributed by atoms with Gasteiger partial charge in [-0.05, 0) is 45.1 Å². The Kier molecular flexibility index (Phi) is 9.59. The van der Waals surface area contributed by atoms with Crippen LogP contribution in [0.4, 0.5) is 0 Å². The molecule has 1 aliphatic rings. The zero-order chi connectivity index (χ0) is 13.1. The van der Waals surface area contributed by atoms with Crippen LogP contribution in [0, 0.1) is 5.92 Å². The summed E-state index contributed by atoms with van der Waals surface area (Å²) >= 11 is 0. The standard InChI is InChI=1S/C16H33NO/c1-3-17-16(11-8-14-18-4-2)13-12-15-9-6-5-7-10-15/h15-17H,3-14H2,1-2H3. The lowest BCUT2D eigenvalue weighted by Crippen LogP contribution is -2.30. The summed E-state index contributed by atoms with van der Waals surface area (Å²) in [6, 6.07) is 0.720.